The maximum absolute atomic E-state index is 13.7. The van der Waals surface area contributed by atoms with Gasteiger partial charge in [-0.2, -0.15) is 0 Å². The van der Waals surface area contributed by atoms with Gasteiger partial charge >= 0.3 is 0 Å². The van der Waals surface area contributed by atoms with Crippen LogP contribution in [0.4, 0.5) is 9.52 Å². The van der Waals surface area contributed by atoms with Crippen LogP contribution < -0.4 is 10.1 Å². The Morgan fingerprint density at radius 2 is 1.87 bits per heavy atom. The molecule has 30 heavy (non-hydrogen) atoms. The Balaban J connectivity index is 1.33. The average Bonchev–Trinajstić information content (AvgIpc) is 3.16. The second-order valence-electron chi connectivity index (χ2n) is 6.77. The maximum Gasteiger partial charge on any atom is 0.250 e. The Labute approximate surface area is 177 Å². The van der Waals surface area contributed by atoms with Crippen molar-refractivity contribution < 1.29 is 13.9 Å². The van der Waals surface area contributed by atoms with Gasteiger partial charge in [-0.05, 0) is 48.4 Å². The summed E-state index contributed by atoms with van der Waals surface area (Å²) in [6.45, 7) is 2.55. The zero-order valence-corrected chi connectivity index (χ0v) is 17.1. The third-order valence-electron chi connectivity index (χ3n) is 4.43. The van der Waals surface area contributed by atoms with Gasteiger partial charge in [-0.1, -0.05) is 59.4 Å². The summed E-state index contributed by atoms with van der Waals surface area (Å²) in [6.07, 6.45) is 3.12. The monoisotopic (exact) mass is 418 g/mol. The number of benzene rings is 3. The van der Waals surface area contributed by atoms with Crippen LogP contribution >= 0.6 is 11.3 Å². The fourth-order valence-electron chi connectivity index (χ4n) is 2.81. The minimum atomic E-state index is -0.399. The molecule has 0 saturated heterocycles. The van der Waals surface area contributed by atoms with Crippen LogP contribution in [0.25, 0.3) is 16.3 Å². The third-order valence-corrected chi connectivity index (χ3v) is 5.37. The van der Waals surface area contributed by atoms with Crippen molar-refractivity contribution in [2.45, 2.75) is 13.5 Å². The molecule has 4 nitrogen and oxygen atoms in total. The van der Waals surface area contributed by atoms with E-state index in [9.17, 15) is 9.18 Å². The molecule has 4 rings (SSSR count). The molecule has 0 fully saturated rings. The first-order valence-corrected chi connectivity index (χ1v) is 10.2. The smallest absolute Gasteiger partial charge is 0.250 e. The van der Waals surface area contributed by atoms with E-state index in [1.54, 1.807) is 18.2 Å². The highest BCUT2D eigenvalue weighted by Gasteiger charge is 2.09. The number of halogens is 1. The molecule has 0 saturated carbocycles. The summed E-state index contributed by atoms with van der Waals surface area (Å²) in [6, 6.07) is 20.4. The minimum absolute atomic E-state index is 0.267. The second kappa shape index (κ2) is 8.88. The van der Waals surface area contributed by atoms with Crippen molar-refractivity contribution in [3.8, 4) is 5.75 Å². The number of aromatic nitrogens is 1. The second-order valence-corrected chi connectivity index (χ2v) is 7.80. The molecule has 6 heteroatoms. The van der Waals surface area contributed by atoms with E-state index >= 15 is 0 Å². The number of aryl methyl sites for hydroxylation is 1. The Morgan fingerprint density at radius 3 is 2.60 bits per heavy atom. The maximum atomic E-state index is 13.7. The normalized spacial score (nSPS) is 11.1. The van der Waals surface area contributed by atoms with Crippen LogP contribution in [-0.4, -0.2) is 10.9 Å². The highest BCUT2D eigenvalue weighted by Crippen LogP contribution is 2.27. The Kier molecular flexibility index (Phi) is 5.86. The van der Waals surface area contributed by atoms with Crippen LogP contribution in [0, 0.1) is 12.7 Å². The first kappa shape index (κ1) is 19.8. The molecule has 3 aromatic carbocycles. The third kappa shape index (κ3) is 4.90. The number of thiazole rings is 1. The summed E-state index contributed by atoms with van der Waals surface area (Å²) in [5.74, 6) is 0.0346. The van der Waals surface area contributed by atoms with Crippen LogP contribution in [0.15, 0.2) is 72.8 Å². The van der Waals surface area contributed by atoms with E-state index in [0.717, 1.165) is 16.9 Å². The van der Waals surface area contributed by atoms with E-state index in [1.165, 1.54) is 29.0 Å². The zero-order valence-electron chi connectivity index (χ0n) is 16.3. The average molecular weight is 418 g/mol. The lowest BCUT2D eigenvalue weighted by molar-refractivity contribution is -0.111. The van der Waals surface area contributed by atoms with Crippen LogP contribution in [0.5, 0.6) is 5.75 Å². The van der Waals surface area contributed by atoms with Crippen molar-refractivity contribution in [3.05, 3.63) is 95.3 Å². The number of carbonyl (C=O) groups excluding carboxylic acids is 1. The standard InChI is InChI=1S/C24H19FN2O2S/c1-16-5-7-18(8-6-16)15-29-19-12-9-17(10-13-19)11-14-22(28)26-24-27-23-20(25)3-2-4-21(23)30-24/h2-14H,15H2,1H3,(H,26,27,28)/b14-11+. The van der Waals surface area contributed by atoms with E-state index in [1.807, 2.05) is 36.4 Å². The first-order chi connectivity index (χ1) is 14.6. The molecule has 0 radical (unpaired) electrons. The molecule has 0 aliphatic heterocycles. The number of rotatable bonds is 6. The summed E-state index contributed by atoms with van der Waals surface area (Å²) < 4.78 is 20.2. The zero-order chi connectivity index (χ0) is 20.9. The lowest BCUT2D eigenvalue weighted by Gasteiger charge is -2.07. The first-order valence-electron chi connectivity index (χ1n) is 9.39. The molecule has 4 aromatic rings. The molecule has 0 bridgehead atoms. The predicted octanol–water partition coefficient (Wildman–Crippen LogP) is 5.97. The molecule has 1 amide bonds. The van der Waals surface area contributed by atoms with E-state index in [2.05, 4.69) is 29.4 Å². The van der Waals surface area contributed by atoms with Crippen LogP contribution in [0.3, 0.4) is 0 Å². The molecule has 1 heterocycles. The van der Waals surface area contributed by atoms with Crippen molar-refractivity contribution in [2.75, 3.05) is 5.32 Å². The lowest BCUT2D eigenvalue weighted by atomic mass is 10.1. The molecular weight excluding hydrogens is 399 g/mol. The Hall–Kier alpha value is -3.51. The van der Waals surface area contributed by atoms with Gasteiger partial charge in [0.2, 0.25) is 5.91 Å². The molecular formula is C24H19FN2O2S. The molecule has 0 unspecified atom stereocenters. The number of para-hydroxylation sites is 1. The van der Waals surface area contributed by atoms with Gasteiger partial charge in [-0.25, -0.2) is 9.37 Å². The van der Waals surface area contributed by atoms with Gasteiger partial charge in [0.1, 0.15) is 23.7 Å². The van der Waals surface area contributed by atoms with E-state index in [0.29, 0.717) is 16.4 Å². The number of hydrogen-bond donors (Lipinski definition) is 1. The number of carbonyl (C=O) groups is 1. The number of hydrogen-bond acceptors (Lipinski definition) is 4. The molecule has 1 N–H and O–H groups in total. The van der Waals surface area contributed by atoms with E-state index < -0.39 is 5.82 Å². The lowest BCUT2D eigenvalue weighted by Crippen LogP contribution is -2.07. The predicted molar refractivity (Wildman–Crippen MR) is 119 cm³/mol. The number of nitrogens with zero attached hydrogens (tertiary/aromatic N) is 1. The SMILES string of the molecule is Cc1ccc(COc2ccc(/C=C/C(=O)Nc3nc4c(F)cccc4s3)cc2)cc1. The quantitative estimate of drug-likeness (QED) is 0.392. The van der Waals surface area contributed by atoms with Gasteiger partial charge in [0.25, 0.3) is 0 Å². The summed E-state index contributed by atoms with van der Waals surface area (Å²) in [7, 11) is 0. The topological polar surface area (TPSA) is 51.2 Å². The highest BCUT2D eigenvalue weighted by atomic mass is 32.1. The van der Waals surface area contributed by atoms with Crippen LogP contribution in [-0.2, 0) is 11.4 Å². The molecule has 150 valence electrons. The molecule has 0 spiro atoms. The van der Waals surface area contributed by atoms with Gasteiger partial charge in [-0.15, -0.1) is 0 Å². The van der Waals surface area contributed by atoms with Gasteiger partial charge in [0.05, 0.1) is 4.70 Å². The van der Waals surface area contributed by atoms with E-state index in [-0.39, 0.29) is 11.4 Å². The summed E-state index contributed by atoms with van der Waals surface area (Å²) in [5.41, 5.74) is 3.45. The van der Waals surface area contributed by atoms with Gasteiger partial charge in [-0.3, -0.25) is 10.1 Å². The van der Waals surface area contributed by atoms with Gasteiger partial charge < -0.3 is 4.74 Å². The van der Waals surface area contributed by atoms with Gasteiger partial charge in [0.15, 0.2) is 5.13 Å². The van der Waals surface area contributed by atoms with Crippen molar-refractivity contribution >= 4 is 38.7 Å². The fourth-order valence-corrected chi connectivity index (χ4v) is 3.70. The molecule has 1 aromatic heterocycles. The molecule has 0 aliphatic rings. The van der Waals surface area contributed by atoms with Crippen molar-refractivity contribution in [2.24, 2.45) is 0 Å². The minimum Gasteiger partial charge on any atom is -0.489 e. The van der Waals surface area contributed by atoms with Crippen LogP contribution in [0.2, 0.25) is 0 Å². The molecule has 0 aliphatic carbocycles. The number of nitrogens with one attached hydrogen (secondary N) is 1. The Bertz CT molecular complexity index is 1200. The van der Waals surface area contributed by atoms with Gasteiger partial charge in [0, 0.05) is 6.08 Å². The van der Waals surface area contributed by atoms with Crippen molar-refractivity contribution in [1.29, 1.82) is 0 Å². The number of ether oxygens (including phenoxy) is 1. The summed E-state index contributed by atoms with van der Waals surface area (Å²) >= 11 is 1.23. The number of anilines is 1. The molecule has 0 atom stereocenters. The van der Waals surface area contributed by atoms with Crippen molar-refractivity contribution in [1.82, 2.24) is 4.98 Å². The fraction of sp³-hybridized carbons (Fsp3) is 0.0833. The summed E-state index contributed by atoms with van der Waals surface area (Å²) in [5, 5.41) is 3.04. The Morgan fingerprint density at radius 1 is 1.10 bits per heavy atom. The van der Waals surface area contributed by atoms with Crippen LogP contribution in [0.1, 0.15) is 16.7 Å². The van der Waals surface area contributed by atoms with Crippen molar-refractivity contribution in [3.63, 3.8) is 0 Å². The number of fused-ring (bicyclic) bond motifs is 1. The highest BCUT2D eigenvalue weighted by molar-refractivity contribution is 7.22. The largest absolute Gasteiger partial charge is 0.489 e. The number of amides is 1. The van der Waals surface area contributed by atoms with E-state index in [4.69, 9.17) is 4.74 Å². The summed E-state index contributed by atoms with van der Waals surface area (Å²) in [4.78, 5) is 16.3.